The van der Waals surface area contributed by atoms with Gasteiger partial charge in [-0.1, -0.05) is 11.6 Å². The summed E-state index contributed by atoms with van der Waals surface area (Å²) in [7, 11) is 0. The molecule has 4 nitrogen and oxygen atoms in total. The van der Waals surface area contributed by atoms with Gasteiger partial charge >= 0.3 is 0 Å². The molecule has 1 heterocycles. The Balaban J connectivity index is 1.96. The molecule has 2 rings (SSSR count). The Bertz CT molecular complexity index is 448. The first-order valence-corrected chi connectivity index (χ1v) is 7.03. The molecule has 1 aliphatic rings. The highest BCUT2D eigenvalue weighted by atomic mass is 79.9. The number of rotatable bonds is 2. The number of nitrogens with zero attached hydrogens (tertiary/aromatic N) is 1. The van der Waals surface area contributed by atoms with Crippen LogP contribution >= 0.6 is 27.5 Å². The van der Waals surface area contributed by atoms with E-state index in [9.17, 15) is 9.90 Å². The van der Waals surface area contributed by atoms with E-state index in [2.05, 4.69) is 26.2 Å². The van der Waals surface area contributed by atoms with Crippen LogP contribution in [0.25, 0.3) is 0 Å². The lowest BCUT2D eigenvalue weighted by Gasteiger charge is -2.24. The molecule has 0 saturated heterocycles. The molecule has 2 N–H and O–H groups in total. The van der Waals surface area contributed by atoms with Crippen molar-refractivity contribution < 1.29 is 9.90 Å². The first-order valence-electron chi connectivity index (χ1n) is 5.86. The Morgan fingerprint density at radius 2 is 2.11 bits per heavy atom. The minimum atomic E-state index is -0.255. The first-order chi connectivity index (χ1) is 8.56. The van der Waals surface area contributed by atoms with E-state index < -0.39 is 0 Å². The minimum Gasteiger partial charge on any atom is -0.393 e. The lowest BCUT2D eigenvalue weighted by molar-refractivity contribution is -0.121. The monoisotopic (exact) mass is 332 g/mol. The first kappa shape index (κ1) is 13.8. The number of nitrogens with one attached hydrogen (secondary N) is 1. The SMILES string of the molecule is O=C(Nc1cc(Cl)c(Br)cn1)C1CCC(O)CC1. The summed E-state index contributed by atoms with van der Waals surface area (Å²) in [4.78, 5) is 16.1. The van der Waals surface area contributed by atoms with Crippen LogP contribution in [-0.2, 0) is 4.79 Å². The van der Waals surface area contributed by atoms with Gasteiger partial charge in [0.15, 0.2) is 0 Å². The predicted octanol–water partition coefficient (Wildman–Crippen LogP) is 2.99. The van der Waals surface area contributed by atoms with Gasteiger partial charge in [-0.25, -0.2) is 4.98 Å². The molecule has 0 unspecified atom stereocenters. The summed E-state index contributed by atoms with van der Waals surface area (Å²) < 4.78 is 0.697. The Kier molecular flexibility index (Phi) is 4.59. The maximum Gasteiger partial charge on any atom is 0.228 e. The fourth-order valence-electron chi connectivity index (χ4n) is 2.05. The highest BCUT2D eigenvalue weighted by Crippen LogP contribution is 2.27. The number of pyridine rings is 1. The van der Waals surface area contributed by atoms with Crippen LogP contribution in [-0.4, -0.2) is 22.1 Å². The van der Waals surface area contributed by atoms with Gasteiger partial charge in [-0.3, -0.25) is 4.79 Å². The lowest BCUT2D eigenvalue weighted by Crippen LogP contribution is -2.29. The van der Waals surface area contributed by atoms with Crippen LogP contribution in [0.2, 0.25) is 5.02 Å². The standard InChI is InChI=1S/C12H14BrClN2O2/c13-9-6-15-11(5-10(9)14)16-12(18)7-1-3-8(17)4-2-7/h5-8,17H,1-4H2,(H,15,16,18). The van der Waals surface area contributed by atoms with Crippen molar-refractivity contribution in [2.24, 2.45) is 5.92 Å². The van der Waals surface area contributed by atoms with E-state index in [0.717, 1.165) is 12.8 Å². The van der Waals surface area contributed by atoms with Crippen LogP contribution < -0.4 is 5.32 Å². The molecule has 0 radical (unpaired) electrons. The Morgan fingerprint density at radius 3 is 2.72 bits per heavy atom. The molecule has 1 amide bonds. The molecular weight excluding hydrogens is 320 g/mol. The second kappa shape index (κ2) is 5.99. The summed E-state index contributed by atoms with van der Waals surface area (Å²) in [6.07, 6.45) is 4.12. The van der Waals surface area contributed by atoms with E-state index >= 15 is 0 Å². The maximum atomic E-state index is 12.0. The quantitative estimate of drug-likeness (QED) is 0.874. The largest absolute Gasteiger partial charge is 0.393 e. The second-order valence-electron chi connectivity index (χ2n) is 4.48. The third kappa shape index (κ3) is 3.43. The number of aromatic nitrogens is 1. The van der Waals surface area contributed by atoms with Crippen molar-refractivity contribution in [3.63, 3.8) is 0 Å². The predicted molar refractivity (Wildman–Crippen MR) is 73.5 cm³/mol. The average Bonchev–Trinajstić information content (AvgIpc) is 2.34. The summed E-state index contributed by atoms with van der Waals surface area (Å²) in [6, 6.07) is 1.61. The Labute approximate surface area is 119 Å². The van der Waals surface area contributed by atoms with Crippen molar-refractivity contribution in [1.29, 1.82) is 0 Å². The molecule has 98 valence electrons. The van der Waals surface area contributed by atoms with Gasteiger partial charge in [0.2, 0.25) is 5.91 Å². The van der Waals surface area contributed by atoms with E-state index in [1.165, 1.54) is 0 Å². The van der Waals surface area contributed by atoms with E-state index in [4.69, 9.17) is 11.6 Å². The van der Waals surface area contributed by atoms with Crippen molar-refractivity contribution in [1.82, 2.24) is 4.98 Å². The van der Waals surface area contributed by atoms with Crippen molar-refractivity contribution in [3.8, 4) is 0 Å². The third-order valence-electron chi connectivity index (χ3n) is 3.13. The molecule has 0 aromatic carbocycles. The van der Waals surface area contributed by atoms with Gasteiger partial charge in [-0.05, 0) is 41.6 Å². The van der Waals surface area contributed by atoms with Gasteiger partial charge in [0, 0.05) is 18.2 Å². The van der Waals surface area contributed by atoms with Crippen LogP contribution in [0.4, 0.5) is 5.82 Å². The smallest absolute Gasteiger partial charge is 0.228 e. The molecule has 1 aromatic rings. The highest BCUT2D eigenvalue weighted by Gasteiger charge is 2.25. The van der Waals surface area contributed by atoms with Crippen LogP contribution in [0.5, 0.6) is 0 Å². The second-order valence-corrected chi connectivity index (χ2v) is 5.74. The fraction of sp³-hybridized carbons (Fsp3) is 0.500. The third-order valence-corrected chi connectivity index (χ3v) is 4.30. The van der Waals surface area contributed by atoms with Crippen LogP contribution in [0, 0.1) is 5.92 Å². The normalized spacial score (nSPS) is 23.7. The molecule has 1 fully saturated rings. The highest BCUT2D eigenvalue weighted by molar-refractivity contribution is 9.10. The zero-order chi connectivity index (χ0) is 13.1. The van der Waals surface area contributed by atoms with Crippen LogP contribution in [0.15, 0.2) is 16.7 Å². The number of aliphatic hydroxyl groups is 1. The number of halogens is 2. The molecule has 0 aliphatic heterocycles. The van der Waals surface area contributed by atoms with E-state index in [1.54, 1.807) is 12.3 Å². The van der Waals surface area contributed by atoms with Crippen LogP contribution in [0.1, 0.15) is 25.7 Å². The van der Waals surface area contributed by atoms with Gasteiger partial charge in [0.1, 0.15) is 5.82 Å². The van der Waals surface area contributed by atoms with Crippen molar-refractivity contribution >= 4 is 39.3 Å². The van der Waals surface area contributed by atoms with Gasteiger partial charge in [-0.15, -0.1) is 0 Å². The number of hydrogen-bond acceptors (Lipinski definition) is 3. The number of carbonyl (C=O) groups is 1. The maximum absolute atomic E-state index is 12.0. The Morgan fingerprint density at radius 1 is 1.44 bits per heavy atom. The fourth-order valence-corrected chi connectivity index (χ4v) is 2.42. The summed E-state index contributed by atoms with van der Waals surface area (Å²) in [5.74, 6) is 0.365. The minimum absolute atomic E-state index is 0.0439. The van der Waals surface area contributed by atoms with Gasteiger partial charge in [-0.2, -0.15) is 0 Å². The average molecular weight is 334 g/mol. The summed E-state index contributed by atoms with van der Waals surface area (Å²) in [6.45, 7) is 0. The van der Waals surface area contributed by atoms with E-state index in [0.29, 0.717) is 28.2 Å². The lowest BCUT2D eigenvalue weighted by atomic mass is 9.87. The zero-order valence-electron chi connectivity index (χ0n) is 9.70. The van der Waals surface area contributed by atoms with E-state index in [-0.39, 0.29) is 17.9 Å². The molecule has 18 heavy (non-hydrogen) atoms. The molecule has 0 atom stereocenters. The number of hydrogen-bond donors (Lipinski definition) is 2. The Hall–Kier alpha value is -0.650. The number of anilines is 1. The topological polar surface area (TPSA) is 62.2 Å². The molecule has 0 spiro atoms. The van der Waals surface area contributed by atoms with E-state index in [1.807, 2.05) is 0 Å². The van der Waals surface area contributed by atoms with Crippen molar-refractivity contribution in [3.05, 3.63) is 21.8 Å². The molecular formula is C12H14BrClN2O2. The zero-order valence-corrected chi connectivity index (χ0v) is 12.0. The number of amides is 1. The summed E-state index contributed by atoms with van der Waals surface area (Å²) in [5.41, 5.74) is 0. The van der Waals surface area contributed by atoms with Crippen LogP contribution in [0.3, 0.4) is 0 Å². The molecule has 1 saturated carbocycles. The van der Waals surface area contributed by atoms with Gasteiger partial charge in [0.25, 0.3) is 0 Å². The van der Waals surface area contributed by atoms with Crippen molar-refractivity contribution in [2.75, 3.05) is 5.32 Å². The number of aliphatic hydroxyl groups excluding tert-OH is 1. The number of carbonyl (C=O) groups excluding carboxylic acids is 1. The van der Waals surface area contributed by atoms with Crippen molar-refractivity contribution in [2.45, 2.75) is 31.8 Å². The molecule has 1 aliphatic carbocycles. The molecule has 0 bridgehead atoms. The van der Waals surface area contributed by atoms with Gasteiger partial charge < -0.3 is 10.4 Å². The molecule has 6 heteroatoms. The molecule has 1 aromatic heterocycles. The van der Waals surface area contributed by atoms with Gasteiger partial charge in [0.05, 0.1) is 15.6 Å². The summed E-state index contributed by atoms with van der Waals surface area (Å²) in [5, 5.41) is 12.7. The summed E-state index contributed by atoms with van der Waals surface area (Å²) >= 11 is 9.17.